The van der Waals surface area contributed by atoms with Crippen molar-refractivity contribution < 1.29 is 48.3 Å². The van der Waals surface area contributed by atoms with Gasteiger partial charge < -0.3 is 69.8 Å². The first-order chi connectivity index (χ1) is 30.6. The van der Waals surface area contributed by atoms with Crippen molar-refractivity contribution in [3.63, 3.8) is 0 Å². The molecule has 8 amide bonds. The van der Waals surface area contributed by atoms with Crippen molar-refractivity contribution in [2.24, 2.45) is 28.1 Å². The number of nitrogens with zero attached hydrogens (tertiary/aromatic N) is 1. The molecule has 65 heavy (non-hydrogen) atoms. The lowest BCUT2D eigenvalue weighted by atomic mass is 10.0. The van der Waals surface area contributed by atoms with E-state index in [2.05, 4.69) is 77.8 Å². The van der Waals surface area contributed by atoms with Gasteiger partial charge >= 0.3 is 5.97 Å². The number of aliphatic imine (C=N–C) groups is 1. The summed E-state index contributed by atoms with van der Waals surface area (Å²) < 4.78 is 0. The molecule has 0 saturated heterocycles. The average molecular weight is 950 g/mol. The van der Waals surface area contributed by atoms with E-state index in [0.29, 0.717) is 5.56 Å². The second-order valence-corrected chi connectivity index (χ2v) is 16.4. The molecule has 0 aliphatic heterocycles. The minimum absolute atomic E-state index is 0.0236. The zero-order valence-corrected chi connectivity index (χ0v) is 38.7. The number of amides is 8. The molecule has 1 heterocycles. The van der Waals surface area contributed by atoms with Crippen LogP contribution in [0.15, 0.2) is 35.5 Å². The first-order valence-electron chi connectivity index (χ1n) is 20.8. The molecule has 2 rings (SSSR count). The van der Waals surface area contributed by atoms with Crippen molar-refractivity contribution in [3.8, 4) is 0 Å². The Bertz CT molecular complexity index is 2030. The number of hydrogen-bond acceptors (Lipinski definition) is 13. The van der Waals surface area contributed by atoms with E-state index in [-0.39, 0.29) is 55.6 Å². The van der Waals surface area contributed by atoms with E-state index in [1.54, 1.807) is 12.3 Å². The summed E-state index contributed by atoms with van der Waals surface area (Å²) >= 11 is 7.92. The van der Waals surface area contributed by atoms with Crippen LogP contribution in [0.5, 0.6) is 0 Å². The number of carbonyl (C=O) groups is 9. The monoisotopic (exact) mass is 949 g/mol. The molecule has 16 N–H and O–H groups in total. The quantitative estimate of drug-likeness (QED) is 0.0180. The number of carbonyl (C=O) groups excluding carboxylic acids is 8. The van der Waals surface area contributed by atoms with Crippen LogP contribution >= 0.6 is 25.3 Å². The van der Waals surface area contributed by atoms with E-state index in [9.17, 15) is 48.3 Å². The minimum Gasteiger partial charge on any atom is -0.480 e. The maximum atomic E-state index is 14.1. The first-order valence-corrected chi connectivity index (χ1v) is 22.0. The second kappa shape index (κ2) is 27.3. The van der Waals surface area contributed by atoms with Crippen LogP contribution in [-0.4, -0.2) is 142 Å². The third kappa shape index (κ3) is 18.9. The fraction of sp³-hybridized carbons (Fsp3) is 0.550. The summed E-state index contributed by atoms with van der Waals surface area (Å²) in [6.07, 6.45) is 1.97. The predicted octanol–water partition coefficient (Wildman–Crippen LogP) is -3.35. The van der Waals surface area contributed by atoms with E-state index in [0.717, 1.165) is 10.9 Å². The number of benzene rings is 1. The number of hydrogen-bond donors (Lipinski definition) is 15. The third-order valence-electron chi connectivity index (χ3n) is 9.68. The van der Waals surface area contributed by atoms with E-state index in [4.69, 9.17) is 17.2 Å². The number of para-hydroxylation sites is 1. The lowest BCUT2D eigenvalue weighted by Gasteiger charge is -2.25. The maximum Gasteiger partial charge on any atom is 0.327 e. The first kappa shape index (κ1) is 55.1. The number of nitrogens with one attached hydrogen (secondary N) is 9. The number of carboxylic acids is 1. The summed E-state index contributed by atoms with van der Waals surface area (Å²) in [5.41, 5.74) is 18.1. The van der Waals surface area contributed by atoms with Crippen LogP contribution in [0.2, 0.25) is 0 Å². The number of carboxylic acid groups (broad SMARTS) is 1. The normalized spacial score (nSPS) is 14.7. The highest BCUT2D eigenvalue weighted by Crippen LogP contribution is 2.19. The highest BCUT2D eigenvalue weighted by Gasteiger charge is 2.31. The molecule has 25 heteroatoms. The number of nitrogens with two attached hydrogens (primary N) is 3. The molecule has 8 atom stereocenters. The molecule has 0 aliphatic rings. The minimum atomic E-state index is -1.32. The molecule has 1 aromatic heterocycles. The zero-order chi connectivity index (χ0) is 49.0. The van der Waals surface area contributed by atoms with Gasteiger partial charge in [-0.1, -0.05) is 32.0 Å². The van der Waals surface area contributed by atoms with Gasteiger partial charge in [-0.25, -0.2) is 4.79 Å². The molecular formula is C40H63N13O10S2. The van der Waals surface area contributed by atoms with Crippen LogP contribution in [0, 0.1) is 5.92 Å². The topological polar surface area (TPSA) is 376 Å². The maximum absolute atomic E-state index is 14.1. The zero-order valence-electron chi connectivity index (χ0n) is 36.9. The van der Waals surface area contributed by atoms with E-state index in [1.165, 1.54) is 20.8 Å². The number of guanidine groups is 1. The summed E-state index contributed by atoms with van der Waals surface area (Å²) in [4.78, 5) is 124. The predicted molar refractivity (Wildman–Crippen MR) is 248 cm³/mol. The second-order valence-electron chi connectivity index (χ2n) is 15.7. The average Bonchev–Trinajstić information content (AvgIpc) is 3.66. The molecular weight excluding hydrogens is 887 g/mol. The number of thiol groups is 2. The lowest BCUT2D eigenvalue weighted by Crippen LogP contribution is -2.58. The fourth-order valence-electron chi connectivity index (χ4n) is 6.04. The van der Waals surface area contributed by atoms with Gasteiger partial charge in [-0.3, -0.25) is 43.3 Å². The molecule has 0 bridgehead atoms. The molecule has 2 aromatic rings. The SMILES string of the molecule is CC(C)C[C@H](NC(=O)[C@@H](N)CS)C(=O)NCC(=O)N[C@@H](Cc1c[nH]c2ccccc12)C(=O)N[C@@H](CCCN=C(N)N)C(=O)N[C@@H](C)C(=O)N[C@@H](C)C(=O)N[C@@H](C)C(=O)N[C@@H](CS)C(=O)O. The van der Waals surface area contributed by atoms with Gasteiger partial charge in [0.1, 0.15) is 42.3 Å². The molecule has 0 aliphatic carbocycles. The van der Waals surface area contributed by atoms with Gasteiger partial charge in [-0.05, 0) is 57.6 Å². The molecule has 0 spiro atoms. The summed E-state index contributed by atoms with van der Waals surface area (Å²) in [7, 11) is 0. The van der Waals surface area contributed by atoms with Gasteiger partial charge in [-0.2, -0.15) is 25.3 Å². The Morgan fingerprint density at radius 2 is 1.22 bits per heavy atom. The summed E-state index contributed by atoms with van der Waals surface area (Å²) in [6, 6.07) is -2.34. The summed E-state index contributed by atoms with van der Waals surface area (Å²) in [5.74, 6) is -7.74. The Kier molecular flexibility index (Phi) is 23.1. The third-order valence-corrected chi connectivity index (χ3v) is 10.4. The fourth-order valence-corrected chi connectivity index (χ4v) is 6.46. The van der Waals surface area contributed by atoms with Gasteiger partial charge in [0.2, 0.25) is 47.3 Å². The van der Waals surface area contributed by atoms with E-state index in [1.807, 2.05) is 32.0 Å². The number of fused-ring (bicyclic) bond motifs is 1. The Morgan fingerprint density at radius 1 is 0.677 bits per heavy atom. The Hall–Kier alpha value is -6.08. The molecule has 0 saturated carbocycles. The van der Waals surface area contributed by atoms with Gasteiger partial charge in [0.25, 0.3) is 0 Å². The number of aliphatic carboxylic acids is 1. The smallest absolute Gasteiger partial charge is 0.327 e. The largest absolute Gasteiger partial charge is 0.480 e. The number of aromatic amines is 1. The van der Waals surface area contributed by atoms with Crippen molar-refractivity contribution in [1.82, 2.24) is 47.5 Å². The van der Waals surface area contributed by atoms with Crippen molar-refractivity contribution in [2.75, 3.05) is 24.6 Å². The van der Waals surface area contributed by atoms with E-state index >= 15 is 0 Å². The Labute approximate surface area is 387 Å². The van der Waals surface area contributed by atoms with Gasteiger partial charge in [0.15, 0.2) is 5.96 Å². The van der Waals surface area contributed by atoms with Gasteiger partial charge in [0.05, 0.1) is 12.6 Å². The van der Waals surface area contributed by atoms with Crippen molar-refractivity contribution in [2.45, 2.75) is 109 Å². The standard InChI is InChI=1S/C40H63N13O10S2/c1-19(2)13-28(52-35(58)25(41)17-64)36(59)46-16-31(54)50-29(14-23-15-45-26-10-7-6-9-24(23)26)38(61)51-27(11-8-12-44-40(42)43)37(60)49-21(4)33(56)47-20(3)32(55)48-22(5)34(57)53-30(18-65)39(62)63/h6-7,9-10,15,19-22,25,27-30,45,64-65H,8,11-14,16-18,41H2,1-5H3,(H,46,59)(H,47,56)(H,48,55)(H,49,60)(H,50,54)(H,51,61)(H,52,58)(H,53,57)(H,62,63)(H4,42,43,44)/t20-,21-,22-,25-,27-,28-,29-,30-/m0/s1. The highest BCUT2D eigenvalue weighted by molar-refractivity contribution is 7.80. The molecule has 23 nitrogen and oxygen atoms in total. The van der Waals surface area contributed by atoms with Crippen LogP contribution in [0.4, 0.5) is 0 Å². The molecule has 0 radical (unpaired) electrons. The van der Waals surface area contributed by atoms with Crippen molar-refractivity contribution >= 4 is 95.3 Å². The molecule has 360 valence electrons. The highest BCUT2D eigenvalue weighted by atomic mass is 32.1. The van der Waals surface area contributed by atoms with Crippen LogP contribution < -0.4 is 59.7 Å². The summed E-state index contributed by atoms with van der Waals surface area (Å²) in [5, 5.41) is 29.9. The van der Waals surface area contributed by atoms with Gasteiger partial charge in [-0.15, -0.1) is 0 Å². The van der Waals surface area contributed by atoms with E-state index < -0.39 is 108 Å². The van der Waals surface area contributed by atoms with Gasteiger partial charge in [0, 0.05) is 41.6 Å². The van der Waals surface area contributed by atoms with Crippen LogP contribution in [0.1, 0.15) is 59.4 Å². The van der Waals surface area contributed by atoms with Crippen LogP contribution in [-0.2, 0) is 49.6 Å². The Balaban J connectivity index is 2.26. The molecule has 0 unspecified atom stereocenters. The summed E-state index contributed by atoms with van der Waals surface area (Å²) in [6.45, 7) is 7.14. The number of aromatic nitrogens is 1. The van der Waals surface area contributed by atoms with Crippen molar-refractivity contribution in [1.29, 1.82) is 0 Å². The number of rotatable bonds is 27. The van der Waals surface area contributed by atoms with Crippen molar-refractivity contribution in [3.05, 3.63) is 36.0 Å². The molecule has 1 aromatic carbocycles. The van der Waals surface area contributed by atoms with Crippen LogP contribution in [0.25, 0.3) is 10.9 Å². The lowest BCUT2D eigenvalue weighted by molar-refractivity contribution is -0.141. The van der Waals surface area contributed by atoms with Crippen LogP contribution in [0.3, 0.4) is 0 Å². The number of H-pyrrole nitrogens is 1. The molecule has 0 fully saturated rings. The Morgan fingerprint density at radius 3 is 1.77 bits per heavy atom.